The fraction of sp³-hybridized carbons (Fsp3) is 0.733. The molecule has 1 heterocycles. The van der Waals surface area contributed by atoms with Gasteiger partial charge >= 0.3 is 12.1 Å². The number of hydrogen-bond acceptors (Lipinski definition) is 6. The Morgan fingerprint density at radius 2 is 1.83 bits per heavy atom. The van der Waals surface area contributed by atoms with Crippen molar-refractivity contribution in [3.63, 3.8) is 0 Å². The summed E-state index contributed by atoms with van der Waals surface area (Å²) in [5, 5.41) is 0. The summed E-state index contributed by atoms with van der Waals surface area (Å²) < 4.78 is 9.19. The summed E-state index contributed by atoms with van der Waals surface area (Å²) in [5.41, 5.74) is 4.77. The molecule has 3 amide bonds. The van der Waals surface area contributed by atoms with Gasteiger partial charge in [0.05, 0.1) is 5.92 Å². The van der Waals surface area contributed by atoms with Gasteiger partial charge in [-0.3, -0.25) is 19.3 Å². The molecule has 8 heteroatoms. The van der Waals surface area contributed by atoms with E-state index in [1.54, 1.807) is 6.92 Å². The molecule has 23 heavy (non-hydrogen) atoms. The number of rotatable bonds is 5. The minimum atomic E-state index is -0.990. The largest absolute Gasteiger partial charge is 0.428 e. The number of nitrogens with two attached hydrogens (primary N) is 1. The molecule has 1 aliphatic carbocycles. The maximum atomic E-state index is 11.9. The van der Waals surface area contributed by atoms with Gasteiger partial charge in [0.15, 0.2) is 0 Å². The van der Waals surface area contributed by atoms with E-state index < -0.39 is 18.9 Å². The molecule has 2 rings (SSSR count). The first-order chi connectivity index (χ1) is 10.9. The second kappa shape index (κ2) is 7.43. The molecule has 1 aliphatic heterocycles. The van der Waals surface area contributed by atoms with Crippen LogP contribution in [0.15, 0.2) is 0 Å². The number of primary amides is 1. The number of hydrogen-bond donors (Lipinski definition) is 1. The minimum Gasteiger partial charge on any atom is -0.428 e. The van der Waals surface area contributed by atoms with Crippen molar-refractivity contribution in [2.45, 2.75) is 39.0 Å². The second-order valence-corrected chi connectivity index (χ2v) is 6.21. The molecule has 128 valence electrons. The second-order valence-electron chi connectivity index (χ2n) is 6.21. The van der Waals surface area contributed by atoms with Gasteiger partial charge < -0.3 is 15.2 Å². The Bertz CT molecular complexity index is 498. The van der Waals surface area contributed by atoms with Crippen LogP contribution in [0.25, 0.3) is 0 Å². The highest BCUT2D eigenvalue weighted by molar-refractivity contribution is 6.03. The fourth-order valence-corrected chi connectivity index (χ4v) is 3.14. The van der Waals surface area contributed by atoms with Gasteiger partial charge in [-0.15, -0.1) is 0 Å². The fourth-order valence-electron chi connectivity index (χ4n) is 3.14. The van der Waals surface area contributed by atoms with E-state index in [9.17, 15) is 19.2 Å². The number of imide groups is 1. The number of ether oxygens (including phenoxy) is 2. The summed E-state index contributed by atoms with van der Waals surface area (Å²) in [6, 6.07) is 0. The molecule has 0 aromatic rings. The molecule has 8 nitrogen and oxygen atoms in total. The average molecular weight is 326 g/mol. The lowest BCUT2D eigenvalue weighted by Gasteiger charge is -2.29. The highest BCUT2D eigenvalue weighted by Crippen LogP contribution is 2.31. The third-order valence-corrected chi connectivity index (χ3v) is 4.49. The molecule has 1 saturated carbocycles. The van der Waals surface area contributed by atoms with Crippen molar-refractivity contribution >= 4 is 23.9 Å². The van der Waals surface area contributed by atoms with Crippen LogP contribution < -0.4 is 5.73 Å². The molecule has 0 bridgehead atoms. The van der Waals surface area contributed by atoms with E-state index in [0.29, 0.717) is 25.8 Å². The lowest BCUT2D eigenvalue weighted by Crippen LogP contribution is -2.37. The third-order valence-electron chi connectivity index (χ3n) is 4.49. The molecule has 1 saturated heterocycles. The zero-order chi connectivity index (χ0) is 17.0. The predicted molar refractivity (Wildman–Crippen MR) is 77.6 cm³/mol. The van der Waals surface area contributed by atoms with Crippen LogP contribution in [0.2, 0.25) is 0 Å². The predicted octanol–water partition coefficient (Wildman–Crippen LogP) is 0.784. The first-order valence-electron chi connectivity index (χ1n) is 7.81. The average Bonchev–Trinajstić information content (AvgIpc) is 2.74. The number of carbonyl (C=O) groups is 4. The van der Waals surface area contributed by atoms with Crippen LogP contribution in [0.1, 0.15) is 39.0 Å². The molecule has 0 aromatic heterocycles. The first kappa shape index (κ1) is 17.2. The molecular formula is C15H22N2O6. The van der Waals surface area contributed by atoms with Gasteiger partial charge in [0.1, 0.15) is 0 Å². The number of amides is 3. The van der Waals surface area contributed by atoms with Crippen LogP contribution >= 0.6 is 0 Å². The first-order valence-corrected chi connectivity index (χ1v) is 7.81. The smallest absolute Gasteiger partial charge is 0.407 e. The van der Waals surface area contributed by atoms with E-state index >= 15 is 0 Å². The Kier molecular flexibility index (Phi) is 5.57. The molecule has 0 aromatic carbocycles. The summed E-state index contributed by atoms with van der Waals surface area (Å²) in [7, 11) is 0. The van der Waals surface area contributed by atoms with Crippen LogP contribution in [0.3, 0.4) is 0 Å². The van der Waals surface area contributed by atoms with Gasteiger partial charge in [0, 0.05) is 18.9 Å². The van der Waals surface area contributed by atoms with Crippen LogP contribution in [-0.4, -0.2) is 42.1 Å². The van der Waals surface area contributed by atoms with Gasteiger partial charge in [0.2, 0.25) is 18.6 Å². The molecule has 2 aliphatic rings. The topological polar surface area (TPSA) is 116 Å². The van der Waals surface area contributed by atoms with E-state index in [1.807, 2.05) is 0 Å². The van der Waals surface area contributed by atoms with Gasteiger partial charge in [-0.1, -0.05) is 6.92 Å². The van der Waals surface area contributed by atoms with Gasteiger partial charge in [-0.2, -0.15) is 0 Å². The number of carbonyl (C=O) groups excluding carboxylic acids is 4. The highest BCUT2D eigenvalue weighted by atomic mass is 16.7. The lowest BCUT2D eigenvalue weighted by molar-refractivity contribution is -0.158. The minimum absolute atomic E-state index is 0.0971. The molecular weight excluding hydrogens is 304 g/mol. The highest BCUT2D eigenvalue weighted by Gasteiger charge is 2.37. The quantitative estimate of drug-likeness (QED) is 0.453. The van der Waals surface area contributed by atoms with Crippen molar-refractivity contribution in [2.24, 2.45) is 23.5 Å². The number of esters is 1. The zero-order valence-electron chi connectivity index (χ0n) is 13.2. The summed E-state index contributed by atoms with van der Waals surface area (Å²) in [6.07, 6.45) is 2.07. The van der Waals surface area contributed by atoms with Crippen LogP contribution in [0.4, 0.5) is 4.79 Å². The monoisotopic (exact) mass is 326 g/mol. The van der Waals surface area contributed by atoms with Gasteiger partial charge in [-0.05, 0) is 31.6 Å². The molecule has 2 N–H and O–H groups in total. The summed E-state index contributed by atoms with van der Waals surface area (Å²) in [4.78, 5) is 47.3. The molecule has 0 spiro atoms. The van der Waals surface area contributed by atoms with E-state index in [0.717, 1.165) is 12.8 Å². The Labute approximate surface area is 134 Å². The Morgan fingerprint density at radius 3 is 2.35 bits per heavy atom. The normalized spacial score (nSPS) is 27.9. The Morgan fingerprint density at radius 1 is 1.17 bits per heavy atom. The SMILES string of the molecule is CC1CC(=O)N(CC2CCC(C(=O)OCOC(N)=O)CC2)C1=O. The van der Waals surface area contributed by atoms with Crippen molar-refractivity contribution < 1.29 is 28.7 Å². The molecule has 0 radical (unpaired) electrons. The molecule has 2 fully saturated rings. The zero-order valence-corrected chi connectivity index (χ0v) is 13.2. The maximum Gasteiger partial charge on any atom is 0.407 e. The summed E-state index contributed by atoms with van der Waals surface area (Å²) >= 11 is 0. The van der Waals surface area contributed by atoms with E-state index in [2.05, 4.69) is 4.74 Å². The van der Waals surface area contributed by atoms with Crippen molar-refractivity contribution in [1.29, 1.82) is 0 Å². The van der Waals surface area contributed by atoms with Crippen molar-refractivity contribution in [1.82, 2.24) is 4.90 Å². The van der Waals surface area contributed by atoms with Crippen molar-refractivity contribution in [3.8, 4) is 0 Å². The third kappa shape index (κ3) is 4.43. The molecule has 1 atom stereocenters. The van der Waals surface area contributed by atoms with Crippen LogP contribution in [-0.2, 0) is 23.9 Å². The molecule has 1 unspecified atom stereocenters. The van der Waals surface area contributed by atoms with Crippen LogP contribution in [0.5, 0.6) is 0 Å². The van der Waals surface area contributed by atoms with Gasteiger partial charge in [0.25, 0.3) is 0 Å². The van der Waals surface area contributed by atoms with Gasteiger partial charge in [-0.25, -0.2) is 4.79 Å². The van der Waals surface area contributed by atoms with E-state index in [1.165, 1.54) is 4.90 Å². The maximum absolute atomic E-state index is 11.9. The van der Waals surface area contributed by atoms with Crippen molar-refractivity contribution in [2.75, 3.05) is 13.3 Å². The Balaban J connectivity index is 1.73. The standard InChI is InChI=1S/C15H22N2O6/c1-9-6-12(18)17(13(9)19)7-10-2-4-11(5-3-10)14(20)22-8-23-15(16)21/h9-11H,2-8H2,1H3,(H2,16,21). The lowest BCUT2D eigenvalue weighted by atomic mass is 9.82. The number of likely N-dealkylation sites (tertiary alicyclic amines) is 1. The van der Waals surface area contributed by atoms with E-state index in [-0.39, 0.29) is 29.6 Å². The number of nitrogens with zero attached hydrogens (tertiary/aromatic N) is 1. The summed E-state index contributed by atoms with van der Waals surface area (Å²) in [6.45, 7) is 1.73. The Hall–Kier alpha value is -2.12. The van der Waals surface area contributed by atoms with E-state index in [4.69, 9.17) is 10.5 Å². The van der Waals surface area contributed by atoms with Crippen molar-refractivity contribution in [3.05, 3.63) is 0 Å². The summed E-state index contributed by atoms with van der Waals surface area (Å²) in [5.74, 6) is -0.857. The van der Waals surface area contributed by atoms with Crippen LogP contribution in [0, 0.1) is 17.8 Å².